The molecule has 3 aliphatic rings. The van der Waals surface area contributed by atoms with Gasteiger partial charge < -0.3 is 30.3 Å². The lowest BCUT2D eigenvalue weighted by Gasteiger charge is -2.38. The monoisotopic (exact) mass is 578 g/mol. The van der Waals surface area contributed by atoms with Crippen LogP contribution in [0.15, 0.2) is 24.3 Å². The van der Waals surface area contributed by atoms with Crippen molar-refractivity contribution in [2.45, 2.75) is 69.2 Å². The number of rotatable bonds is 10. The number of nitrogens with one attached hydrogen (secondary N) is 2. The minimum Gasteiger partial charge on any atom is -0.394 e. The Balaban J connectivity index is 1.72. The third-order valence-corrected chi connectivity index (χ3v) is 9.48. The summed E-state index contributed by atoms with van der Waals surface area (Å²) in [6.07, 6.45) is 0.642. The number of amides is 3. The Hall–Kier alpha value is -2.17. The standard InChI is InChI=1S/C27H39BrN4O5/c1-6-15(4)19(14-33)32-23(25(35)30-16-9-11-17(12-10-16)31(7-2)8-3)27-13-18(28)22(37-27)20(24(34)29-5)21(27)26(32)36/h9-12,15,18-23,33H,6-8,13-14H2,1-5H3,(H,29,34)(H,30,35)/t15-,18?,19-,20-,21-,22-,23?,27?/m0/s1. The van der Waals surface area contributed by atoms with E-state index in [4.69, 9.17) is 4.74 Å². The Bertz CT molecular complexity index is 1020. The fraction of sp³-hybridized carbons (Fsp3) is 0.667. The summed E-state index contributed by atoms with van der Waals surface area (Å²) in [7, 11) is 1.54. The number of benzene rings is 1. The van der Waals surface area contributed by atoms with Gasteiger partial charge in [-0.2, -0.15) is 0 Å². The number of halogens is 1. The van der Waals surface area contributed by atoms with Crippen molar-refractivity contribution < 1.29 is 24.2 Å². The summed E-state index contributed by atoms with van der Waals surface area (Å²) < 4.78 is 6.47. The zero-order valence-electron chi connectivity index (χ0n) is 22.2. The third-order valence-electron chi connectivity index (χ3n) is 8.63. The summed E-state index contributed by atoms with van der Waals surface area (Å²) in [4.78, 5) is 44.6. The maximum Gasteiger partial charge on any atom is 0.250 e. The number of carbonyl (C=O) groups is 3. The van der Waals surface area contributed by atoms with E-state index in [-0.39, 0.29) is 35.1 Å². The molecule has 0 aromatic heterocycles. The normalized spacial score (nSPS) is 31.7. The van der Waals surface area contributed by atoms with Crippen molar-refractivity contribution in [1.29, 1.82) is 0 Å². The molecule has 1 aromatic carbocycles. The first-order chi connectivity index (χ1) is 17.7. The second-order valence-electron chi connectivity index (χ2n) is 10.4. The lowest BCUT2D eigenvalue weighted by atomic mass is 9.70. The number of carbonyl (C=O) groups excluding carboxylic acids is 3. The molecule has 1 aromatic rings. The smallest absolute Gasteiger partial charge is 0.250 e. The van der Waals surface area contributed by atoms with E-state index in [2.05, 4.69) is 45.3 Å². The predicted octanol–water partition coefficient (Wildman–Crippen LogP) is 2.37. The highest BCUT2D eigenvalue weighted by Crippen LogP contribution is 2.60. The minimum atomic E-state index is -1.15. The molecule has 3 saturated heterocycles. The van der Waals surface area contributed by atoms with Gasteiger partial charge >= 0.3 is 0 Å². The lowest BCUT2D eigenvalue weighted by Crippen LogP contribution is -2.57. The quantitative estimate of drug-likeness (QED) is 0.367. The number of hydrogen-bond donors (Lipinski definition) is 3. The maximum absolute atomic E-state index is 14.0. The highest BCUT2D eigenvalue weighted by Gasteiger charge is 2.77. The molecule has 2 bridgehead atoms. The number of nitrogens with zero attached hydrogens (tertiary/aromatic N) is 2. The Morgan fingerprint density at radius 1 is 1.22 bits per heavy atom. The molecular formula is C27H39BrN4O5. The van der Waals surface area contributed by atoms with Crippen LogP contribution in [0.4, 0.5) is 11.4 Å². The Morgan fingerprint density at radius 3 is 2.41 bits per heavy atom. The van der Waals surface area contributed by atoms with E-state index < -0.39 is 35.6 Å². The van der Waals surface area contributed by atoms with Crippen molar-refractivity contribution in [3.63, 3.8) is 0 Å². The number of aliphatic hydroxyl groups excluding tert-OH is 1. The van der Waals surface area contributed by atoms with E-state index in [9.17, 15) is 19.5 Å². The zero-order valence-corrected chi connectivity index (χ0v) is 23.8. The van der Waals surface area contributed by atoms with Crippen LogP contribution in [-0.2, 0) is 19.1 Å². The highest BCUT2D eigenvalue weighted by molar-refractivity contribution is 9.09. The largest absolute Gasteiger partial charge is 0.394 e. The van der Waals surface area contributed by atoms with E-state index in [0.717, 1.165) is 25.2 Å². The van der Waals surface area contributed by atoms with Crippen LogP contribution < -0.4 is 15.5 Å². The summed E-state index contributed by atoms with van der Waals surface area (Å²) in [5.74, 6) is -2.49. The Labute approximate surface area is 227 Å². The van der Waals surface area contributed by atoms with E-state index >= 15 is 0 Å². The summed E-state index contributed by atoms with van der Waals surface area (Å²) in [5.41, 5.74) is 0.520. The van der Waals surface area contributed by atoms with Crippen LogP contribution in [-0.4, -0.2) is 83.1 Å². The van der Waals surface area contributed by atoms with Crippen molar-refractivity contribution in [2.24, 2.45) is 17.8 Å². The van der Waals surface area contributed by atoms with E-state index in [1.54, 1.807) is 7.05 Å². The van der Waals surface area contributed by atoms with Crippen LogP contribution in [0.25, 0.3) is 0 Å². The molecule has 3 heterocycles. The Kier molecular flexibility index (Phi) is 8.21. The van der Waals surface area contributed by atoms with Crippen LogP contribution in [0.2, 0.25) is 0 Å². The van der Waals surface area contributed by atoms with Crippen LogP contribution in [0.3, 0.4) is 0 Å². The van der Waals surface area contributed by atoms with Gasteiger partial charge in [0.25, 0.3) is 0 Å². The lowest BCUT2D eigenvalue weighted by molar-refractivity contribution is -0.145. The fourth-order valence-electron chi connectivity index (χ4n) is 6.56. The molecule has 0 radical (unpaired) electrons. The summed E-state index contributed by atoms with van der Waals surface area (Å²) in [6, 6.07) is 6.09. The van der Waals surface area contributed by atoms with E-state index in [1.165, 1.54) is 4.90 Å². The third kappa shape index (κ3) is 4.44. The molecule has 3 N–H and O–H groups in total. The van der Waals surface area contributed by atoms with Gasteiger partial charge in [-0.1, -0.05) is 36.2 Å². The second-order valence-corrected chi connectivity index (χ2v) is 11.5. The first-order valence-corrected chi connectivity index (χ1v) is 14.2. The molecule has 1 spiro atoms. The van der Waals surface area contributed by atoms with Crippen molar-refractivity contribution in [2.75, 3.05) is 37.0 Å². The van der Waals surface area contributed by atoms with Gasteiger partial charge in [0.2, 0.25) is 17.7 Å². The van der Waals surface area contributed by atoms with Crippen LogP contribution in [0.1, 0.15) is 40.5 Å². The maximum atomic E-state index is 14.0. The number of likely N-dealkylation sites (tertiary alicyclic amines) is 1. The van der Waals surface area contributed by atoms with Crippen molar-refractivity contribution in [1.82, 2.24) is 10.2 Å². The number of hydrogen-bond acceptors (Lipinski definition) is 6. The van der Waals surface area contributed by atoms with Gasteiger partial charge in [0.05, 0.1) is 30.6 Å². The number of fused-ring (bicyclic) bond motifs is 1. The number of alkyl halides is 1. The first-order valence-electron chi connectivity index (χ1n) is 13.3. The molecule has 3 amide bonds. The van der Waals surface area contributed by atoms with Gasteiger partial charge in [-0.3, -0.25) is 14.4 Å². The summed E-state index contributed by atoms with van der Waals surface area (Å²) in [5, 5.41) is 16.1. The number of aliphatic hydroxyl groups is 1. The van der Waals surface area contributed by atoms with Crippen molar-refractivity contribution in [3.8, 4) is 0 Å². The molecule has 4 rings (SSSR count). The van der Waals surface area contributed by atoms with Crippen LogP contribution in [0.5, 0.6) is 0 Å². The van der Waals surface area contributed by atoms with Crippen molar-refractivity contribution >= 4 is 45.0 Å². The van der Waals surface area contributed by atoms with Crippen LogP contribution >= 0.6 is 15.9 Å². The molecule has 0 saturated carbocycles. The fourth-order valence-corrected chi connectivity index (χ4v) is 7.50. The highest BCUT2D eigenvalue weighted by atomic mass is 79.9. The van der Waals surface area contributed by atoms with Gasteiger partial charge in [-0.25, -0.2) is 0 Å². The average molecular weight is 580 g/mol. The van der Waals surface area contributed by atoms with Crippen LogP contribution in [0, 0.1) is 17.8 Å². The number of anilines is 2. The molecule has 3 unspecified atom stereocenters. The summed E-state index contributed by atoms with van der Waals surface area (Å²) in [6.45, 7) is 9.61. The topological polar surface area (TPSA) is 111 Å². The van der Waals surface area contributed by atoms with Crippen molar-refractivity contribution in [3.05, 3.63) is 24.3 Å². The molecular weight excluding hydrogens is 540 g/mol. The average Bonchev–Trinajstić information content (AvgIpc) is 3.49. The molecule has 0 aliphatic carbocycles. The molecule has 37 heavy (non-hydrogen) atoms. The summed E-state index contributed by atoms with van der Waals surface area (Å²) >= 11 is 3.66. The molecule has 204 valence electrons. The number of ether oxygens (including phenoxy) is 1. The van der Waals surface area contributed by atoms with Gasteiger partial charge in [-0.05, 0) is 50.5 Å². The van der Waals surface area contributed by atoms with Gasteiger partial charge in [0, 0.05) is 36.3 Å². The van der Waals surface area contributed by atoms with Gasteiger partial charge in [0.15, 0.2) is 0 Å². The Morgan fingerprint density at radius 2 is 1.86 bits per heavy atom. The molecule has 3 aliphatic heterocycles. The second kappa shape index (κ2) is 10.9. The molecule has 10 heteroatoms. The van der Waals surface area contributed by atoms with E-state index in [0.29, 0.717) is 12.1 Å². The minimum absolute atomic E-state index is 0.0525. The van der Waals surface area contributed by atoms with Gasteiger partial charge in [-0.15, -0.1) is 0 Å². The SMILES string of the molecule is CC[C@H](C)[C@H](CO)N1C(=O)[C@@H]2[C@H](C(=O)NC)[C@H]3OC2(CC3Br)C1C(=O)Nc1ccc(N(CC)CC)cc1. The molecule has 9 nitrogen and oxygen atoms in total. The first kappa shape index (κ1) is 27.9. The predicted molar refractivity (Wildman–Crippen MR) is 146 cm³/mol. The molecule has 8 atom stereocenters. The van der Waals surface area contributed by atoms with E-state index in [1.807, 2.05) is 38.1 Å². The van der Waals surface area contributed by atoms with Gasteiger partial charge in [0.1, 0.15) is 11.6 Å². The molecule has 3 fully saturated rings. The zero-order chi connectivity index (χ0) is 27.1.